The quantitative estimate of drug-likeness (QED) is 0.194. The Morgan fingerprint density at radius 2 is 1.67 bits per heavy atom. The fraction of sp³-hybridized carbons (Fsp3) is 0.172. The Labute approximate surface area is 243 Å². The van der Waals surface area contributed by atoms with E-state index in [0.29, 0.717) is 0 Å². The minimum absolute atomic E-state index is 0.000412. The number of hydrogen-bond donors (Lipinski definition) is 1. The lowest BCUT2D eigenvalue weighted by Gasteiger charge is -2.20. The summed E-state index contributed by atoms with van der Waals surface area (Å²) in [7, 11) is -4.17. The van der Waals surface area contributed by atoms with Crippen LogP contribution < -0.4 is 4.72 Å². The number of anilines is 1. The highest BCUT2D eigenvalue weighted by molar-refractivity contribution is 7.92. The highest BCUT2D eigenvalue weighted by Crippen LogP contribution is 2.42. The third-order valence-electron chi connectivity index (χ3n) is 6.21. The molecule has 0 unspecified atom stereocenters. The van der Waals surface area contributed by atoms with Crippen molar-refractivity contribution in [3.05, 3.63) is 88.6 Å². The number of hydrogen-bond acceptors (Lipinski definition) is 7. The number of fused-ring (bicyclic) bond motifs is 1. The molecule has 0 bridgehead atoms. The van der Waals surface area contributed by atoms with Gasteiger partial charge in [0.2, 0.25) is 0 Å². The van der Waals surface area contributed by atoms with Crippen LogP contribution in [0, 0.1) is 11.3 Å². The van der Waals surface area contributed by atoms with Gasteiger partial charge in [-0.25, -0.2) is 18.0 Å². The predicted octanol–water partition coefficient (Wildman–Crippen LogP) is 6.77. The molecule has 0 aliphatic carbocycles. The first-order valence-electron chi connectivity index (χ1n) is 12.1. The molecule has 0 spiro atoms. The number of rotatable bonds is 5. The Morgan fingerprint density at radius 3 is 2.26 bits per heavy atom. The molecule has 216 valence electrons. The lowest BCUT2D eigenvalue weighted by atomic mass is 9.87. The molecule has 4 rings (SSSR count). The van der Waals surface area contributed by atoms with E-state index in [-0.39, 0.29) is 48.6 Å². The van der Waals surface area contributed by atoms with Gasteiger partial charge in [-0.2, -0.15) is 18.4 Å². The van der Waals surface area contributed by atoms with Crippen LogP contribution in [0.2, 0.25) is 5.02 Å². The Morgan fingerprint density at radius 1 is 1.00 bits per heavy atom. The molecule has 8 nitrogen and oxygen atoms in total. The fourth-order valence-electron chi connectivity index (χ4n) is 4.10. The normalized spacial score (nSPS) is 12.0. The second-order valence-corrected chi connectivity index (χ2v) is 12.1. The summed E-state index contributed by atoms with van der Waals surface area (Å²) in [5, 5.41) is 9.61. The SMILES string of the molecule is CC(C)(C)c1ccc(S(=O)(=O)Nc2ccc(C#N)c(Cl)c2-c2ccc(C(=O)OC(=O)C(F)(F)F)c3ncccc23)cc1. The van der Waals surface area contributed by atoms with Crippen LogP contribution in [0.5, 0.6) is 0 Å². The molecule has 0 fully saturated rings. The summed E-state index contributed by atoms with van der Waals surface area (Å²) in [6, 6.07) is 16.1. The first-order chi connectivity index (χ1) is 19.5. The maximum atomic E-state index is 13.4. The van der Waals surface area contributed by atoms with Crippen molar-refractivity contribution in [2.24, 2.45) is 0 Å². The molecule has 1 heterocycles. The average molecular weight is 616 g/mol. The number of nitriles is 1. The Kier molecular flexibility index (Phi) is 8.04. The minimum atomic E-state index is -5.40. The predicted molar refractivity (Wildman–Crippen MR) is 149 cm³/mol. The van der Waals surface area contributed by atoms with Gasteiger partial charge in [0.05, 0.1) is 32.2 Å². The van der Waals surface area contributed by atoms with Crippen molar-refractivity contribution in [1.82, 2.24) is 4.98 Å². The maximum Gasteiger partial charge on any atom is 0.491 e. The molecular weight excluding hydrogens is 595 g/mol. The van der Waals surface area contributed by atoms with Crippen LogP contribution in [0.25, 0.3) is 22.0 Å². The van der Waals surface area contributed by atoms with Crippen LogP contribution in [0.3, 0.4) is 0 Å². The van der Waals surface area contributed by atoms with Crippen LogP contribution in [0.15, 0.2) is 71.8 Å². The lowest BCUT2D eigenvalue weighted by molar-refractivity contribution is -0.193. The molecule has 0 aliphatic heterocycles. The van der Waals surface area contributed by atoms with E-state index in [1.807, 2.05) is 26.8 Å². The van der Waals surface area contributed by atoms with Crippen molar-refractivity contribution in [3.63, 3.8) is 0 Å². The maximum absolute atomic E-state index is 13.4. The number of nitrogens with zero attached hydrogens (tertiary/aromatic N) is 2. The van der Waals surface area contributed by atoms with Gasteiger partial charge in [-0.3, -0.25) is 9.71 Å². The van der Waals surface area contributed by atoms with Crippen molar-refractivity contribution in [3.8, 4) is 17.2 Å². The Hall–Kier alpha value is -4.47. The first kappa shape index (κ1) is 30.5. The van der Waals surface area contributed by atoms with Gasteiger partial charge >= 0.3 is 18.1 Å². The van der Waals surface area contributed by atoms with Crippen LogP contribution in [-0.4, -0.2) is 31.5 Å². The molecule has 0 atom stereocenters. The molecule has 0 amide bonds. The monoisotopic (exact) mass is 615 g/mol. The van der Waals surface area contributed by atoms with E-state index in [4.69, 9.17) is 11.6 Å². The Bertz CT molecular complexity index is 1880. The van der Waals surface area contributed by atoms with Gasteiger partial charge < -0.3 is 4.74 Å². The molecule has 0 aliphatic rings. The van der Waals surface area contributed by atoms with Crippen molar-refractivity contribution >= 4 is 50.2 Å². The zero-order valence-electron chi connectivity index (χ0n) is 22.2. The van der Waals surface area contributed by atoms with Gasteiger partial charge in [-0.1, -0.05) is 56.6 Å². The summed E-state index contributed by atoms with van der Waals surface area (Å²) >= 11 is 6.58. The topological polar surface area (TPSA) is 126 Å². The molecule has 13 heteroatoms. The average Bonchev–Trinajstić information content (AvgIpc) is 2.92. The molecule has 0 saturated carbocycles. The highest BCUT2D eigenvalue weighted by atomic mass is 35.5. The van der Waals surface area contributed by atoms with Gasteiger partial charge in [0.1, 0.15) is 6.07 Å². The van der Waals surface area contributed by atoms with Crippen LogP contribution in [-0.2, 0) is 25.0 Å². The molecule has 0 radical (unpaired) electrons. The Balaban J connectivity index is 1.85. The molecule has 42 heavy (non-hydrogen) atoms. The second-order valence-electron chi connectivity index (χ2n) is 10.1. The van der Waals surface area contributed by atoms with Crippen LogP contribution >= 0.6 is 11.6 Å². The number of pyridine rings is 1. The smallest absolute Gasteiger partial charge is 0.383 e. The zero-order valence-corrected chi connectivity index (χ0v) is 23.8. The van der Waals surface area contributed by atoms with Gasteiger partial charge in [0.15, 0.2) is 0 Å². The van der Waals surface area contributed by atoms with E-state index in [1.165, 1.54) is 48.7 Å². The van der Waals surface area contributed by atoms with E-state index < -0.39 is 33.7 Å². The number of esters is 2. The van der Waals surface area contributed by atoms with E-state index in [2.05, 4.69) is 14.4 Å². The summed E-state index contributed by atoms with van der Waals surface area (Å²) in [6.07, 6.45) is -4.14. The lowest BCUT2D eigenvalue weighted by Crippen LogP contribution is -2.28. The number of aromatic nitrogens is 1. The second kappa shape index (κ2) is 11.1. The van der Waals surface area contributed by atoms with Crippen molar-refractivity contribution in [2.45, 2.75) is 37.3 Å². The van der Waals surface area contributed by atoms with Crippen LogP contribution in [0.1, 0.15) is 42.3 Å². The van der Waals surface area contributed by atoms with E-state index in [1.54, 1.807) is 12.1 Å². The van der Waals surface area contributed by atoms with Gasteiger partial charge in [0, 0.05) is 17.1 Å². The fourth-order valence-corrected chi connectivity index (χ4v) is 5.48. The first-order valence-corrected chi connectivity index (χ1v) is 14.0. The largest absolute Gasteiger partial charge is 0.491 e. The van der Waals surface area contributed by atoms with E-state index in [0.717, 1.165) is 11.6 Å². The molecule has 1 aromatic heterocycles. The van der Waals surface area contributed by atoms with Gasteiger partial charge in [-0.05, 0) is 52.9 Å². The van der Waals surface area contributed by atoms with E-state index >= 15 is 0 Å². The third-order valence-corrected chi connectivity index (χ3v) is 7.99. The molecule has 4 aromatic rings. The minimum Gasteiger partial charge on any atom is -0.383 e. The number of carbonyl (C=O) groups excluding carboxylic acids is 2. The number of alkyl halides is 3. The van der Waals surface area contributed by atoms with E-state index in [9.17, 15) is 36.4 Å². The number of carbonyl (C=O) groups is 2. The van der Waals surface area contributed by atoms with Gasteiger partial charge in [-0.15, -0.1) is 0 Å². The number of nitrogens with one attached hydrogen (secondary N) is 1. The van der Waals surface area contributed by atoms with Crippen molar-refractivity contribution in [2.75, 3.05) is 4.72 Å². The number of halogens is 4. The summed E-state index contributed by atoms with van der Waals surface area (Å²) in [6.45, 7) is 5.95. The molecular formula is C29H21ClF3N3O5S. The standard InChI is InChI=1S/C29H21ClF3N3O5S/c1-28(2,3)17-7-9-18(10-8-17)42(39,40)36-22-13-6-16(15-34)24(30)23(22)19-11-12-21(25-20(19)5-4-14-35-25)26(37)41-27(38)29(31,32)33/h4-14,36H,1-3H3. The molecule has 0 saturated heterocycles. The highest BCUT2D eigenvalue weighted by Gasteiger charge is 2.43. The van der Waals surface area contributed by atoms with Gasteiger partial charge in [0.25, 0.3) is 10.0 Å². The number of sulfonamides is 1. The number of benzene rings is 3. The zero-order chi connectivity index (χ0) is 31.0. The summed E-state index contributed by atoms with van der Waals surface area (Å²) < 4.78 is 71.3. The molecule has 3 aromatic carbocycles. The van der Waals surface area contributed by atoms with Crippen molar-refractivity contribution in [1.29, 1.82) is 5.26 Å². The third kappa shape index (κ3) is 6.07. The summed E-state index contributed by atoms with van der Waals surface area (Å²) in [5.74, 6) is -4.29. The molecule has 1 N–H and O–H groups in total. The summed E-state index contributed by atoms with van der Waals surface area (Å²) in [4.78, 5) is 27.8. The summed E-state index contributed by atoms with van der Waals surface area (Å²) in [5.41, 5.74) is 0.317. The number of ether oxygens (including phenoxy) is 1. The van der Waals surface area contributed by atoms with Crippen LogP contribution in [0.4, 0.5) is 18.9 Å². The van der Waals surface area contributed by atoms with Crippen molar-refractivity contribution < 1.29 is 35.9 Å².